The number of amides is 1. The number of fused-ring (bicyclic) bond motifs is 1. The minimum atomic E-state index is -1.08. The van der Waals surface area contributed by atoms with Crippen molar-refractivity contribution in [1.29, 1.82) is 0 Å². The summed E-state index contributed by atoms with van der Waals surface area (Å²) >= 11 is 0. The monoisotopic (exact) mass is 389 g/mol. The first-order valence-electron chi connectivity index (χ1n) is 8.61. The van der Waals surface area contributed by atoms with Gasteiger partial charge >= 0.3 is 5.97 Å². The molecular weight excluding hydrogens is 369 g/mol. The van der Waals surface area contributed by atoms with Crippen molar-refractivity contribution in [3.05, 3.63) is 53.3 Å². The summed E-state index contributed by atoms with van der Waals surface area (Å²) in [7, 11) is 2.95. The van der Waals surface area contributed by atoms with Crippen LogP contribution in [0.2, 0.25) is 0 Å². The summed E-state index contributed by atoms with van der Waals surface area (Å²) < 4.78 is 29.7. The van der Waals surface area contributed by atoms with E-state index < -0.39 is 29.8 Å². The van der Waals surface area contributed by atoms with E-state index in [9.17, 15) is 19.1 Å². The molecule has 0 radical (unpaired) electrons. The highest BCUT2D eigenvalue weighted by Gasteiger charge is 2.33. The first-order chi connectivity index (χ1) is 13.4. The van der Waals surface area contributed by atoms with Gasteiger partial charge in [-0.3, -0.25) is 9.59 Å². The summed E-state index contributed by atoms with van der Waals surface area (Å²) in [6.07, 6.45) is -1.05. The number of carbonyl (C=O) groups is 2. The van der Waals surface area contributed by atoms with Crippen molar-refractivity contribution < 1.29 is 33.3 Å². The molecule has 2 N–H and O–H groups in total. The molecule has 0 bridgehead atoms. The molecule has 2 atom stereocenters. The molecule has 3 rings (SSSR count). The molecular formula is C20H20FNO6. The van der Waals surface area contributed by atoms with E-state index in [1.165, 1.54) is 20.3 Å². The lowest BCUT2D eigenvalue weighted by Crippen LogP contribution is -2.40. The van der Waals surface area contributed by atoms with Crippen molar-refractivity contribution in [2.24, 2.45) is 0 Å². The van der Waals surface area contributed by atoms with Gasteiger partial charge in [-0.15, -0.1) is 0 Å². The number of para-hydroxylation sites is 1. The van der Waals surface area contributed by atoms with E-state index in [1.54, 1.807) is 30.3 Å². The molecule has 2 aromatic carbocycles. The third-order valence-electron chi connectivity index (χ3n) is 4.51. The lowest BCUT2D eigenvalue weighted by Gasteiger charge is -2.21. The van der Waals surface area contributed by atoms with Crippen LogP contribution in [0.25, 0.3) is 0 Å². The number of carboxylic acid groups (broad SMARTS) is 1. The molecule has 0 unspecified atom stereocenters. The number of benzene rings is 2. The Hall–Kier alpha value is -3.29. The molecule has 1 aliphatic rings. The van der Waals surface area contributed by atoms with Crippen molar-refractivity contribution in [3.63, 3.8) is 0 Å². The molecule has 0 spiro atoms. The van der Waals surface area contributed by atoms with Gasteiger partial charge in [-0.25, -0.2) is 4.39 Å². The van der Waals surface area contributed by atoms with Crippen LogP contribution in [0.3, 0.4) is 0 Å². The van der Waals surface area contributed by atoms with Crippen LogP contribution in [0.5, 0.6) is 17.2 Å². The minimum Gasteiger partial charge on any atom is -0.493 e. The largest absolute Gasteiger partial charge is 0.493 e. The summed E-state index contributed by atoms with van der Waals surface area (Å²) in [4.78, 5) is 24.0. The Labute approximate surface area is 161 Å². The van der Waals surface area contributed by atoms with Crippen molar-refractivity contribution in [3.8, 4) is 17.2 Å². The highest BCUT2D eigenvalue weighted by molar-refractivity contribution is 5.83. The van der Waals surface area contributed by atoms with Crippen LogP contribution >= 0.6 is 0 Å². The van der Waals surface area contributed by atoms with Gasteiger partial charge in [0.05, 0.1) is 26.7 Å². The first kappa shape index (κ1) is 19.5. The first-order valence-corrected chi connectivity index (χ1v) is 8.61. The number of carboxylic acids is 1. The molecule has 0 fully saturated rings. The third-order valence-corrected chi connectivity index (χ3v) is 4.51. The third kappa shape index (κ3) is 4.00. The van der Waals surface area contributed by atoms with Gasteiger partial charge in [0.2, 0.25) is 0 Å². The standard InChI is InChI=1S/C20H20FNO6/c1-26-15-7-6-11(8-16(15)27-2)14(10-18(23)24)22-20(25)17-9-12-4-3-5-13(21)19(12)28-17/h3-8,14,17H,9-10H2,1-2H3,(H,22,25)(H,23,24)/t14-,17-/m1/s1. The van der Waals surface area contributed by atoms with Crippen LogP contribution in [0, 0.1) is 5.82 Å². The molecule has 7 nitrogen and oxygen atoms in total. The van der Waals surface area contributed by atoms with E-state index in [0.717, 1.165) is 0 Å². The molecule has 1 heterocycles. The number of methoxy groups -OCH3 is 2. The van der Waals surface area contributed by atoms with Crippen LogP contribution in [-0.4, -0.2) is 37.3 Å². The van der Waals surface area contributed by atoms with E-state index in [4.69, 9.17) is 14.2 Å². The highest BCUT2D eigenvalue weighted by Crippen LogP contribution is 2.33. The van der Waals surface area contributed by atoms with Gasteiger partial charge < -0.3 is 24.6 Å². The van der Waals surface area contributed by atoms with Crippen molar-refractivity contribution in [2.75, 3.05) is 14.2 Å². The zero-order valence-electron chi connectivity index (χ0n) is 15.4. The van der Waals surface area contributed by atoms with Gasteiger partial charge in [0.1, 0.15) is 0 Å². The SMILES string of the molecule is COc1ccc([C@@H](CC(=O)O)NC(=O)[C@H]2Cc3cccc(F)c3O2)cc1OC. The number of halogens is 1. The van der Waals surface area contributed by atoms with Gasteiger partial charge in [0.25, 0.3) is 5.91 Å². The van der Waals surface area contributed by atoms with Gasteiger partial charge in [-0.2, -0.15) is 0 Å². The van der Waals surface area contributed by atoms with E-state index >= 15 is 0 Å². The topological polar surface area (TPSA) is 94.1 Å². The van der Waals surface area contributed by atoms with E-state index in [2.05, 4.69) is 5.32 Å². The summed E-state index contributed by atoms with van der Waals surface area (Å²) in [6, 6.07) is 8.57. The molecule has 1 aliphatic heterocycles. The van der Waals surface area contributed by atoms with Crippen LogP contribution in [0.15, 0.2) is 36.4 Å². The number of carbonyl (C=O) groups excluding carboxylic acids is 1. The van der Waals surface area contributed by atoms with Gasteiger partial charge in [0.15, 0.2) is 29.2 Å². The number of rotatable bonds is 7. The van der Waals surface area contributed by atoms with Crippen molar-refractivity contribution >= 4 is 11.9 Å². The molecule has 1 amide bonds. The second kappa shape index (κ2) is 8.16. The molecule has 0 aromatic heterocycles. The average molecular weight is 389 g/mol. The van der Waals surface area contributed by atoms with Gasteiger partial charge in [-0.05, 0) is 23.8 Å². The molecule has 0 saturated carbocycles. The zero-order valence-corrected chi connectivity index (χ0v) is 15.4. The minimum absolute atomic E-state index is 0.0588. The lowest BCUT2D eigenvalue weighted by molar-refractivity contribution is -0.138. The Balaban J connectivity index is 1.79. The summed E-state index contributed by atoms with van der Waals surface area (Å²) in [5.74, 6) is -1.18. The van der Waals surface area contributed by atoms with Crippen LogP contribution < -0.4 is 19.5 Å². The van der Waals surface area contributed by atoms with Gasteiger partial charge in [0, 0.05) is 12.0 Å². The predicted octanol–water partition coefficient (Wildman–Crippen LogP) is 2.48. The number of nitrogens with one attached hydrogen (secondary N) is 1. The number of aliphatic carboxylic acids is 1. The molecule has 0 aliphatic carbocycles. The molecule has 0 saturated heterocycles. The van der Waals surface area contributed by atoms with Crippen LogP contribution in [0.1, 0.15) is 23.6 Å². The summed E-state index contributed by atoms with van der Waals surface area (Å²) in [5, 5.41) is 11.9. The number of ether oxygens (including phenoxy) is 3. The zero-order chi connectivity index (χ0) is 20.3. The van der Waals surface area contributed by atoms with E-state index in [0.29, 0.717) is 22.6 Å². The Kier molecular flexibility index (Phi) is 5.67. The fraction of sp³-hybridized carbons (Fsp3) is 0.300. The number of hydrogen-bond donors (Lipinski definition) is 2. The molecule has 2 aromatic rings. The molecule has 8 heteroatoms. The number of hydrogen-bond acceptors (Lipinski definition) is 5. The second-order valence-corrected chi connectivity index (χ2v) is 6.31. The van der Waals surface area contributed by atoms with Crippen LogP contribution in [-0.2, 0) is 16.0 Å². The Morgan fingerprint density at radius 2 is 2.00 bits per heavy atom. The fourth-order valence-electron chi connectivity index (χ4n) is 3.14. The molecule has 28 heavy (non-hydrogen) atoms. The summed E-state index contributed by atoms with van der Waals surface area (Å²) in [5.41, 5.74) is 1.14. The smallest absolute Gasteiger partial charge is 0.305 e. The fourth-order valence-corrected chi connectivity index (χ4v) is 3.14. The van der Waals surface area contributed by atoms with Crippen molar-refractivity contribution in [1.82, 2.24) is 5.32 Å². The maximum Gasteiger partial charge on any atom is 0.305 e. The predicted molar refractivity (Wildman–Crippen MR) is 97.2 cm³/mol. The normalized spacial score (nSPS) is 15.9. The quantitative estimate of drug-likeness (QED) is 0.756. The van der Waals surface area contributed by atoms with Gasteiger partial charge in [-0.1, -0.05) is 18.2 Å². The average Bonchev–Trinajstić information content (AvgIpc) is 3.12. The maximum absolute atomic E-state index is 13.8. The Bertz CT molecular complexity index is 900. The van der Waals surface area contributed by atoms with E-state index in [1.807, 2.05) is 0 Å². The van der Waals surface area contributed by atoms with Crippen molar-refractivity contribution in [2.45, 2.75) is 25.0 Å². The van der Waals surface area contributed by atoms with Crippen LogP contribution in [0.4, 0.5) is 4.39 Å². The maximum atomic E-state index is 13.8. The Morgan fingerprint density at radius 1 is 1.25 bits per heavy atom. The molecule has 148 valence electrons. The second-order valence-electron chi connectivity index (χ2n) is 6.31. The lowest BCUT2D eigenvalue weighted by atomic mass is 10.0. The summed E-state index contributed by atoms with van der Waals surface area (Å²) in [6.45, 7) is 0. The highest BCUT2D eigenvalue weighted by atomic mass is 19.1. The van der Waals surface area contributed by atoms with E-state index in [-0.39, 0.29) is 18.6 Å². The Morgan fingerprint density at radius 3 is 2.64 bits per heavy atom.